The highest BCUT2D eigenvalue weighted by Crippen LogP contribution is 2.31. The Kier molecular flexibility index (Phi) is 5.49. The van der Waals surface area contributed by atoms with E-state index in [2.05, 4.69) is 0 Å². The molecule has 1 aliphatic heterocycles. The fraction of sp³-hybridized carbons (Fsp3) is 0.240. The number of nitrogens with zero attached hydrogens (tertiary/aromatic N) is 3. The van der Waals surface area contributed by atoms with E-state index in [-0.39, 0.29) is 12.0 Å². The van der Waals surface area contributed by atoms with E-state index in [1.807, 2.05) is 73.7 Å². The second-order valence-electron chi connectivity index (χ2n) is 7.71. The van der Waals surface area contributed by atoms with E-state index in [4.69, 9.17) is 14.7 Å². The summed E-state index contributed by atoms with van der Waals surface area (Å²) in [5, 5.41) is 0.702. The number of rotatable bonds is 5. The van der Waals surface area contributed by atoms with Gasteiger partial charge in [-0.25, -0.2) is 4.98 Å². The van der Waals surface area contributed by atoms with Crippen LogP contribution in [0.5, 0.6) is 0 Å². The Hall–Kier alpha value is -3.09. The largest absolute Gasteiger partial charge is 0.376 e. The van der Waals surface area contributed by atoms with Gasteiger partial charge in [0.25, 0.3) is 5.91 Å². The van der Waals surface area contributed by atoms with Crippen LogP contribution in [-0.4, -0.2) is 35.1 Å². The average molecular weight is 430 g/mol. The number of para-hydroxylation sites is 1. The van der Waals surface area contributed by atoms with Crippen LogP contribution in [0.15, 0.2) is 66.7 Å². The lowest BCUT2D eigenvalue weighted by Gasteiger charge is -2.23. The van der Waals surface area contributed by atoms with Crippen LogP contribution in [0, 0.1) is 6.92 Å². The third-order valence-electron chi connectivity index (χ3n) is 5.55. The van der Waals surface area contributed by atoms with E-state index in [0.29, 0.717) is 22.9 Å². The van der Waals surface area contributed by atoms with Crippen LogP contribution in [0.4, 0.5) is 5.13 Å². The molecule has 4 aromatic rings. The number of ether oxygens (including phenoxy) is 1. The van der Waals surface area contributed by atoms with Gasteiger partial charge in [0, 0.05) is 12.2 Å². The van der Waals surface area contributed by atoms with E-state index in [9.17, 15) is 4.79 Å². The Bertz CT molecular complexity index is 1180. The average Bonchev–Trinajstić information content (AvgIpc) is 3.47. The summed E-state index contributed by atoms with van der Waals surface area (Å²) in [6, 6.07) is 21.8. The first-order chi connectivity index (χ1) is 15.2. The number of pyridine rings is 1. The maximum atomic E-state index is 13.7. The van der Waals surface area contributed by atoms with Crippen LogP contribution in [0.25, 0.3) is 21.5 Å². The van der Waals surface area contributed by atoms with Crippen molar-refractivity contribution in [2.24, 2.45) is 0 Å². The summed E-state index contributed by atoms with van der Waals surface area (Å²) in [5.41, 5.74) is 4.11. The molecule has 2 aromatic carbocycles. The number of aromatic nitrogens is 2. The maximum absolute atomic E-state index is 13.7. The van der Waals surface area contributed by atoms with Crippen LogP contribution in [0.2, 0.25) is 0 Å². The molecule has 156 valence electrons. The first kappa shape index (κ1) is 19.8. The molecule has 6 heteroatoms. The molecule has 31 heavy (non-hydrogen) atoms. The molecule has 1 amide bonds. The Morgan fingerprint density at radius 2 is 1.87 bits per heavy atom. The molecular formula is C25H23N3O2S. The summed E-state index contributed by atoms with van der Waals surface area (Å²) in [5.74, 6) is -0.0841. The summed E-state index contributed by atoms with van der Waals surface area (Å²) in [7, 11) is 0. The molecular weight excluding hydrogens is 406 g/mol. The Morgan fingerprint density at radius 3 is 2.61 bits per heavy atom. The maximum Gasteiger partial charge on any atom is 0.261 e. The molecule has 0 saturated carbocycles. The van der Waals surface area contributed by atoms with Crippen molar-refractivity contribution in [2.75, 3.05) is 18.1 Å². The second-order valence-corrected chi connectivity index (χ2v) is 8.72. The van der Waals surface area contributed by atoms with Gasteiger partial charge >= 0.3 is 0 Å². The second kappa shape index (κ2) is 8.57. The summed E-state index contributed by atoms with van der Waals surface area (Å²) in [6.45, 7) is 3.14. The molecule has 1 saturated heterocycles. The number of fused-ring (bicyclic) bond motifs is 1. The van der Waals surface area contributed by atoms with Crippen molar-refractivity contribution < 1.29 is 9.53 Å². The molecule has 1 atom stereocenters. The molecule has 2 aromatic heterocycles. The van der Waals surface area contributed by atoms with E-state index in [1.54, 1.807) is 4.90 Å². The zero-order chi connectivity index (χ0) is 21.2. The van der Waals surface area contributed by atoms with Crippen molar-refractivity contribution in [3.8, 4) is 11.3 Å². The number of carbonyl (C=O) groups is 1. The van der Waals surface area contributed by atoms with Crippen molar-refractivity contribution >= 4 is 32.6 Å². The molecule has 0 spiro atoms. The van der Waals surface area contributed by atoms with Gasteiger partial charge in [0.15, 0.2) is 5.13 Å². The molecule has 5 nitrogen and oxygen atoms in total. The van der Waals surface area contributed by atoms with Crippen LogP contribution in [0.3, 0.4) is 0 Å². The van der Waals surface area contributed by atoms with Gasteiger partial charge in [-0.2, -0.15) is 0 Å². The van der Waals surface area contributed by atoms with Crippen LogP contribution < -0.4 is 4.90 Å². The molecule has 5 rings (SSSR count). The highest BCUT2D eigenvalue weighted by Gasteiger charge is 2.28. The quantitative estimate of drug-likeness (QED) is 0.421. The Labute approximate surface area is 185 Å². The highest BCUT2D eigenvalue weighted by molar-refractivity contribution is 7.22. The number of benzene rings is 2. The first-order valence-corrected chi connectivity index (χ1v) is 11.3. The first-order valence-electron chi connectivity index (χ1n) is 10.5. The van der Waals surface area contributed by atoms with E-state index in [0.717, 1.165) is 40.9 Å². The predicted octanol–water partition coefficient (Wildman–Crippen LogP) is 5.49. The summed E-state index contributed by atoms with van der Waals surface area (Å²) < 4.78 is 6.91. The molecule has 3 heterocycles. The minimum Gasteiger partial charge on any atom is -0.376 e. The van der Waals surface area contributed by atoms with Crippen LogP contribution in [-0.2, 0) is 4.74 Å². The molecule has 0 N–H and O–H groups in total. The van der Waals surface area contributed by atoms with Gasteiger partial charge in [0.05, 0.1) is 39.8 Å². The fourth-order valence-corrected chi connectivity index (χ4v) is 4.89. The lowest BCUT2D eigenvalue weighted by Crippen LogP contribution is -2.38. The third kappa shape index (κ3) is 4.09. The minimum atomic E-state index is -0.0841. The van der Waals surface area contributed by atoms with Crippen molar-refractivity contribution in [1.29, 1.82) is 0 Å². The van der Waals surface area contributed by atoms with Gasteiger partial charge in [0.2, 0.25) is 0 Å². The lowest BCUT2D eigenvalue weighted by atomic mass is 10.1. The molecule has 1 fully saturated rings. The number of anilines is 1. The number of carbonyl (C=O) groups excluding carboxylic acids is 1. The number of thiazole rings is 1. The lowest BCUT2D eigenvalue weighted by molar-refractivity contribution is 0.0916. The zero-order valence-electron chi connectivity index (χ0n) is 17.3. The highest BCUT2D eigenvalue weighted by atomic mass is 32.1. The van der Waals surface area contributed by atoms with Crippen LogP contribution >= 0.6 is 11.3 Å². The SMILES string of the molecule is Cc1nc(-c2ccccc2)ccc1C(=O)N(C[C@H]1CCCO1)c1nc2ccccc2s1. The van der Waals surface area contributed by atoms with Gasteiger partial charge in [-0.3, -0.25) is 14.7 Å². The zero-order valence-corrected chi connectivity index (χ0v) is 18.1. The smallest absolute Gasteiger partial charge is 0.261 e. The van der Waals surface area contributed by atoms with Gasteiger partial charge in [0.1, 0.15) is 0 Å². The molecule has 0 unspecified atom stereocenters. The molecule has 0 aliphatic carbocycles. The topological polar surface area (TPSA) is 55.3 Å². The van der Waals surface area contributed by atoms with E-state index < -0.39 is 0 Å². The normalized spacial score (nSPS) is 16.0. The van der Waals surface area contributed by atoms with Gasteiger partial charge in [-0.05, 0) is 44.0 Å². The van der Waals surface area contributed by atoms with Gasteiger partial charge in [-0.15, -0.1) is 0 Å². The number of hydrogen-bond donors (Lipinski definition) is 0. The number of aryl methyl sites for hydroxylation is 1. The van der Waals surface area contributed by atoms with Crippen molar-refractivity contribution in [1.82, 2.24) is 9.97 Å². The summed E-state index contributed by atoms with van der Waals surface area (Å²) in [4.78, 5) is 24.9. The molecule has 0 radical (unpaired) electrons. The van der Waals surface area contributed by atoms with Gasteiger partial charge < -0.3 is 4.74 Å². The molecule has 0 bridgehead atoms. The number of hydrogen-bond acceptors (Lipinski definition) is 5. The monoisotopic (exact) mass is 429 g/mol. The van der Waals surface area contributed by atoms with Crippen molar-refractivity contribution in [2.45, 2.75) is 25.9 Å². The minimum absolute atomic E-state index is 0.0350. The predicted molar refractivity (Wildman–Crippen MR) is 125 cm³/mol. The van der Waals surface area contributed by atoms with Gasteiger partial charge in [-0.1, -0.05) is 53.8 Å². The summed E-state index contributed by atoms with van der Waals surface area (Å²) >= 11 is 1.54. The Morgan fingerprint density at radius 1 is 1.06 bits per heavy atom. The fourth-order valence-electron chi connectivity index (χ4n) is 3.92. The van der Waals surface area contributed by atoms with Crippen molar-refractivity contribution in [3.63, 3.8) is 0 Å². The van der Waals surface area contributed by atoms with Crippen molar-refractivity contribution in [3.05, 3.63) is 78.0 Å². The summed E-state index contributed by atoms with van der Waals surface area (Å²) in [6.07, 6.45) is 2.02. The number of amides is 1. The van der Waals surface area contributed by atoms with E-state index in [1.165, 1.54) is 11.3 Å². The third-order valence-corrected chi connectivity index (χ3v) is 6.61. The molecule has 1 aliphatic rings. The Balaban J connectivity index is 1.50. The van der Waals surface area contributed by atoms with E-state index >= 15 is 0 Å². The standard InChI is InChI=1S/C25H23N3O2S/c1-17-20(13-14-21(26-17)18-8-3-2-4-9-18)24(29)28(16-19-10-7-15-30-19)25-27-22-11-5-6-12-23(22)31-25/h2-6,8-9,11-14,19H,7,10,15-16H2,1H3/t19-/m1/s1. The van der Waals surface area contributed by atoms with Crippen LogP contribution in [0.1, 0.15) is 28.9 Å².